The molecule has 1 N–H and O–H groups in total. The van der Waals surface area contributed by atoms with Crippen LogP contribution in [0.2, 0.25) is 0 Å². The second-order valence-electron chi connectivity index (χ2n) is 7.74. The number of nitrogens with one attached hydrogen (secondary N) is 1. The Bertz CT molecular complexity index is 1310. The SMILES string of the molecule is O=S(=O)(c1ccc(-c2csc(Nc3ccc(Oc4ccccc4)cc3)n2)cc1)N1CCCC1. The Morgan fingerprint density at radius 1 is 0.848 bits per heavy atom. The number of rotatable bonds is 7. The summed E-state index contributed by atoms with van der Waals surface area (Å²) in [6.45, 7) is 1.20. The van der Waals surface area contributed by atoms with Crippen LogP contribution >= 0.6 is 11.3 Å². The summed E-state index contributed by atoms with van der Waals surface area (Å²) in [6, 6.07) is 24.3. The van der Waals surface area contributed by atoms with E-state index in [2.05, 4.69) is 10.3 Å². The molecule has 5 rings (SSSR count). The lowest BCUT2D eigenvalue weighted by Gasteiger charge is -2.15. The predicted molar refractivity (Wildman–Crippen MR) is 132 cm³/mol. The summed E-state index contributed by atoms with van der Waals surface area (Å²) in [6.07, 6.45) is 1.85. The van der Waals surface area contributed by atoms with Gasteiger partial charge in [-0.05, 0) is 61.4 Å². The van der Waals surface area contributed by atoms with Crippen molar-refractivity contribution in [2.75, 3.05) is 18.4 Å². The zero-order valence-electron chi connectivity index (χ0n) is 17.8. The number of para-hydroxylation sites is 1. The van der Waals surface area contributed by atoms with Crippen molar-refractivity contribution in [3.63, 3.8) is 0 Å². The van der Waals surface area contributed by atoms with Gasteiger partial charge in [0.15, 0.2) is 5.13 Å². The van der Waals surface area contributed by atoms with Crippen LogP contribution in [0.1, 0.15) is 12.8 Å². The summed E-state index contributed by atoms with van der Waals surface area (Å²) < 4.78 is 32.8. The number of thiazole rings is 1. The number of nitrogens with zero attached hydrogens (tertiary/aromatic N) is 2. The maximum Gasteiger partial charge on any atom is 0.243 e. The average molecular weight is 478 g/mol. The van der Waals surface area contributed by atoms with Crippen molar-refractivity contribution in [2.24, 2.45) is 0 Å². The monoisotopic (exact) mass is 477 g/mol. The molecule has 0 aliphatic carbocycles. The molecule has 1 aromatic heterocycles. The third-order valence-corrected chi connectivity index (χ3v) is 8.11. The van der Waals surface area contributed by atoms with Crippen molar-refractivity contribution in [3.8, 4) is 22.8 Å². The first-order chi connectivity index (χ1) is 16.1. The Kier molecular flexibility index (Phi) is 6.13. The summed E-state index contributed by atoms with van der Waals surface area (Å²) in [5.74, 6) is 1.55. The molecule has 0 bridgehead atoms. The van der Waals surface area contributed by atoms with Gasteiger partial charge in [0.2, 0.25) is 10.0 Å². The van der Waals surface area contributed by atoms with Crippen molar-refractivity contribution in [1.82, 2.24) is 9.29 Å². The lowest BCUT2D eigenvalue weighted by molar-refractivity contribution is 0.477. The molecule has 0 atom stereocenters. The molecule has 1 aliphatic heterocycles. The van der Waals surface area contributed by atoms with Crippen molar-refractivity contribution in [1.29, 1.82) is 0 Å². The molecular weight excluding hydrogens is 454 g/mol. The van der Waals surface area contributed by atoms with Crippen LogP contribution in [-0.2, 0) is 10.0 Å². The third-order valence-electron chi connectivity index (χ3n) is 5.44. The van der Waals surface area contributed by atoms with Gasteiger partial charge in [0, 0.05) is 29.7 Å². The van der Waals surface area contributed by atoms with E-state index in [9.17, 15) is 8.42 Å². The van der Waals surface area contributed by atoms with E-state index in [1.807, 2.05) is 72.1 Å². The number of hydrogen-bond acceptors (Lipinski definition) is 6. The molecule has 6 nitrogen and oxygen atoms in total. The molecular formula is C25H23N3O3S2. The summed E-state index contributed by atoms with van der Waals surface area (Å²) >= 11 is 1.50. The Morgan fingerprint density at radius 2 is 1.52 bits per heavy atom. The normalized spacial score (nSPS) is 14.3. The van der Waals surface area contributed by atoms with E-state index in [0.29, 0.717) is 18.0 Å². The van der Waals surface area contributed by atoms with Gasteiger partial charge >= 0.3 is 0 Å². The zero-order chi connectivity index (χ0) is 22.7. The van der Waals surface area contributed by atoms with Gasteiger partial charge in [-0.2, -0.15) is 4.31 Å². The van der Waals surface area contributed by atoms with Gasteiger partial charge in [0.25, 0.3) is 0 Å². The molecule has 168 valence electrons. The van der Waals surface area contributed by atoms with E-state index in [-0.39, 0.29) is 0 Å². The lowest BCUT2D eigenvalue weighted by Crippen LogP contribution is -2.27. The van der Waals surface area contributed by atoms with Crippen molar-refractivity contribution < 1.29 is 13.2 Å². The van der Waals surface area contributed by atoms with Gasteiger partial charge in [-0.3, -0.25) is 0 Å². The molecule has 4 aromatic rings. The second kappa shape index (κ2) is 9.35. The van der Waals surface area contributed by atoms with Crippen molar-refractivity contribution in [3.05, 3.63) is 84.2 Å². The first-order valence-corrected chi connectivity index (χ1v) is 13.1. The van der Waals surface area contributed by atoms with Gasteiger partial charge in [0.1, 0.15) is 11.5 Å². The van der Waals surface area contributed by atoms with Gasteiger partial charge in [-0.25, -0.2) is 13.4 Å². The van der Waals surface area contributed by atoms with Gasteiger partial charge in [-0.15, -0.1) is 11.3 Å². The smallest absolute Gasteiger partial charge is 0.243 e. The number of benzene rings is 3. The molecule has 0 spiro atoms. The third kappa shape index (κ3) is 4.93. The van der Waals surface area contributed by atoms with Gasteiger partial charge in [0.05, 0.1) is 10.6 Å². The van der Waals surface area contributed by atoms with E-state index in [0.717, 1.165) is 46.4 Å². The van der Waals surface area contributed by atoms with Crippen LogP contribution in [0.15, 0.2) is 89.1 Å². The fraction of sp³-hybridized carbons (Fsp3) is 0.160. The standard InChI is InChI=1S/C25H23N3O3S2/c29-33(30,28-16-4-5-17-28)23-14-8-19(9-15-23)24-18-32-25(27-24)26-20-10-12-22(13-11-20)31-21-6-2-1-3-7-21/h1-3,6-15,18H,4-5,16-17H2,(H,26,27). The summed E-state index contributed by atoms with van der Waals surface area (Å²) in [5, 5.41) is 6.02. The number of aromatic nitrogens is 1. The van der Waals surface area contributed by atoms with Crippen LogP contribution in [0.4, 0.5) is 10.8 Å². The predicted octanol–water partition coefficient (Wildman–Crippen LogP) is 6.13. The lowest BCUT2D eigenvalue weighted by atomic mass is 10.2. The molecule has 1 aliphatic rings. The van der Waals surface area contributed by atoms with E-state index in [1.54, 1.807) is 16.4 Å². The van der Waals surface area contributed by atoms with E-state index in [4.69, 9.17) is 4.74 Å². The Morgan fingerprint density at radius 3 is 2.21 bits per heavy atom. The van der Waals surface area contributed by atoms with Crippen LogP contribution in [0.5, 0.6) is 11.5 Å². The number of sulfonamides is 1. The highest BCUT2D eigenvalue weighted by Crippen LogP contribution is 2.30. The molecule has 0 radical (unpaired) electrons. The molecule has 0 unspecified atom stereocenters. The Hall–Kier alpha value is -3.20. The molecule has 1 saturated heterocycles. The van der Waals surface area contributed by atoms with Crippen LogP contribution in [0.25, 0.3) is 11.3 Å². The topological polar surface area (TPSA) is 71.5 Å². The van der Waals surface area contributed by atoms with Crippen LogP contribution in [-0.4, -0.2) is 30.8 Å². The van der Waals surface area contributed by atoms with Gasteiger partial charge in [-0.1, -0.05) is 30.3 Å². The summed E-state index contributed by atoms with van der Waals surface area (Å²) in [4.78, 5) is 4.98. The molecule has 1 fully saturated rings. The summed E-state index contributed by atoms with van der Waals surface area (Å²) in [5.41, 5.74) is 2.59. The van der Waals surface area contributed by atoms with Crippen molar-refractivity contribution in [2.45, 2.75) is 17.7 Å². The minimum Gasteiger partial charge on any atom is -0.457 e. The molecule has 3 aromatic carbocycles. The quantitative estimate of drug-likeness (QED) is 0.347. The molecule has 0 saturated carbocycles. The summed E-state index contributed by atoms with van der Waals surface area (Å²) in [7, 11) is -3.40. The highest BCUT2D eigenvalue weighted by Gasteiger charge is 2.27. The first kappa shape index (κ1) is 21.6. The van der Waals surface area contributed by atoms with Crippen LogP contribution in [0, 0.1) is 0 Å². The molecule has 8 heteroatoms. The van der Waals surface area contributed by atoms with Crippen LogP contribution < -0.4 is 10.1 Å². The Balaban J connectivity index is 1.25. The second-order valence-corrected chi connectivity index (χ2v) is 10.5. The Labute approximate surface area is 197 Å². The highest BCUT2D eigenvalue weighted by molar-refractivity contribution is 7.89. The minimum atomic E-state index is -3.40. The fourth-order valence-electron chi connectivity index (χ4n) is 3.69. The van der Waals surface area contributed by atoms with E-state index < -0.39 is 10.0 Å². The zero-order valence-corrected chi connectivity index (χ0v) is 19.5. The highest BCUT2D eigenvalue weighted by atomic mass is 32.2. The van der Waals surface area contributed by atoms with Gasteiger partial charge < -0.3 is 10.1 Å². The number of anilines is 2. The molecule has 2 heterocycles. The van der Waals surface area contributed by atoms with Crippen molar-refractivity contribution >= 4 is 32.2 Å². The van der Waals surface area contributed by atoms with Crippen LogP contribution in [0.3, 0.4) is 0 Å². The van der Waals surface area contributed by atoms with E-state index in [1.165, 1.54) is 11.3 Å². The maximum atomic E-state index is 12.7. The minimum absolute atomic E-state index is 0.333. The number of hydrogen-bond donors (Lipinski definition) is 1. The molecule has 0 amide bonds. The average Bonchev–Trinajstić information content (AvgIpc) is 3.54. The van der Waals surface area contributed by atoms with E-state index >= 15 is 0 Å². The largest absolute Gasteiger partial charge is 0.457 e. The number of ether oxygens (including phenoxy) is 1. The fourth-order valence-corrected chi connectivity index (χ4v) is 5.95. The maximum absolute atomic E-state index is 12.7. The molecule has 33 heavy (non-hydrogen) atoms. The first-order valence-electron chi connectivity index (χ1n) is 10.7.